The molecule has 0 amide bonds. The summed E-state index contributed by atoms with van der Waals surface area (Å²) in [5.41, 5.74) is -0.654. The van der Waals surface area contributed by atoms with Crippen LogP contribution in [0.25, 0.3) is 0 Å². The summed E-state index contributed by atoms with van der Waals surface area (Å²) in [6.45, 7) is 10.8. The van der Waals surface area contributed by atoms with Gasteiger partial charge in [0.1, 0.15) is 0 Å². The minimum atomic E-state index is -4.09. The smallest absolute Gasteiger partial charge is 0.369 e. The highest BCUT2D eigenvalue weighted by molar-refractivity contribution is 4.99. The first-order chi connectivity index (χ1) is 8.97. The standard InChI is InChI=1S/C15H28F3NO/c1-6-9-19-12(7-8-15(16,17)18)11-10-13(2,3)20-14(11,4)5/h11-12,19H,6-10H2,1-5H3. The Kier molecular flexibility index (Phi) is 5.53. The van der Waals surface area contributed by atoms with Crippen LogP contribution in [0.5, 0.6) is 0 Å². The maximum absolute atomic E-state index is 12.5. The van der Waals surface area contributed by atoms with E-state index in [1.165, 1.54) is 0 Å². The third kappa shape index (κ3) is 5.24. The Hall–Kier alpha value is -0.290. The molecule has 1 heterocycles. The van der Waals surface area contributed by atoms with E-state index in [0.29, 0.717) is 0 Å². The number of rotatable bonds is 6. The second-order valence-corrected chi connectivity index (χ2v) is 6.99. The summed E-state index contributed by atoms with van der Waals surface area (Å²) < 4.78 is 43.6. The molecule has 0 saturated carbocycles. The Bertz CT molecular complexity index is 313. The summed E-state index contributed by atoms with van der Waals surface area (Å²) in [5.74, 6) is 0.103. The molecule has 0 aromatic carbocycles. The summed E-state index contributed by atoms with van der Waals surface area (Å²) in [6.07, 6.45) is -3.00. The van der Waals surface area contributed by atoms with Gasteiger partial charge in [-0.3, -0.25) is 0 Å². The lowest BCUT2D eigenvalue weighted by Crippen LogP contribution is -2.45. The molecule has 2 atom stereocenters. The Morgan fingerprint density at radius 1 is 1.25 bits per heavy atom. The average Bonchev–Trinajstić information content (AvgIpc) is 2.45. The predicted octanol–water partition coefficient (Wildman–Crippen LogP) is 4.29. The third-order valence-electron chi connectivity index (χ3n) is 4.02. The van der Waals surface area contributed by atoms with Crippen molar-refractivity contribution in [3.05, 3.63) is 0 Å². The highest BCUT2D eigenvalue weighted by Gasteiger charge is 2.49. The van der Waals surface area contributed by atoms with Gasteiger partial charge in [-0.25, -0.2) is 0 Å². The minimum absolute atomic E-state index is 0.103. The molecule has 0 radical (unpaired) electrons. The van der Waals surface area contributed by atoms with Crippen LogP contribution in [0.2, 0.25) is 0 Å². The SMILES string of the molecule is CCCNC(CCC(F)(F)F)C1CC(C)(C)OC1(C)C. The van der Waals surface area contributed by atoms with E-state index in [4.69, 9.17) is 4.74 Å². The first-order valence-electron chi connectivity index (χ1n) is 7.47. The Balaban J connectivity index is 2.76. The van der Waals surface area contributed by atoms with Crippen LogP contribution in [0.1, 0.15) is 60.3 Å². The van der Waals surface area contributed by atoms with Gasteiger partial charge < -0.3 is 10.1 Å². The average molecular weight is 295 g/mol. The molecule has 0 bridgehead atoms. The van der Waals surface area contributed by atoms with Crippen molar-refractivity contribution in [2.75, 3.05) is 6.54 Å². The van der Waals surface area contributed by atoms with Gasteiger partial charge in [-0.15, -0.1) is 0 Å². The lowest BCUT2D eigenvalue weighted by molar-refractivity contribution is -0.138. The van der Waals surface area contributed by atoms with Crippen molar-refractivity contribution >= 4 is 0 Å². The van der Waals surface area contributed by atoms with E-state index in [9.17, 15) is 13.2 Å². The zero-order chi connectivity index (χ0) is 15.6. The second-order valence-electron chi connectivity index (χ2n) is 6.99. The number of alkyl halides is 3. The van der Waals surface area contributed by atoms with Crippen LogP contribution >= 0.6 is 0 Å². The number of halogens is 3. The van der Waals surface area contributed by atoms with Crippen molar-refractivity contribution < 1.29 is 17.9 Å². The summed E-state index contributed by atoms with van der Waals surface area (Å²) in [6, 6.07) is -0.145. The van der Waals surface area contributed by atoms with Gasteiger partial charge in [0.25, 0.3) is 0 Å². The highest BCUT2D eigenvalue weighted by atomic mass is 19.4. The van der Waals surface area contributed by atoms with Crippen LogP contribution in [-0.2, 0) is 4.74 Å². The summed E-state index contributed by atoms with van der Waals surface area (Å²) in [7, 11) is 0. The third-order valence-corrected chi connectivity index (χ3v) is 4.02. The van der Waals surface area contributed by atoms with Crippen molar-refractivity contribution in [2.24, 2.45) is 5.92 Å². The van der Waals surface area contributed by atoms with Crippen LogP contribution in [0.3, 0.4) is 0 Å². The van der Waals surface area contributed by atoms with Crippen LogP contribution in [-0.4, -0.2) is 30.0 Å². The molecule has 0 spiro atoms. The van der Waals surface area contributed by atoms with Gasteiger partial charge in [-0.1, -0.05) is 6.92 Å². The molecule has 2 unspecified atom stereocenters. The van der Waals surface area contributed by atoms with E-state index in [0.717, 1.165) is 19.4 Å². The Morgan fingerprint density at radius 2 is 1.85 bits per heavy atom. The van der Waals surface area contributed by atoms with Gasteiger partial charge in [0.2, 0.25) is 0 Å². The van der Waals surface area contributed by atoms with Gasteiger partial charge in [0.15, 0.2) is 0 Å². The van der Waals surface area contributed by atoms with E-state index < -0.39 is 12.6 Å². The molecule has 5 heteroatoms. The molecule has 1 fully saturated rings. The monoisotopic (exact) mass is 295 g/mol. The fourth-order valence-corrected chi connectivity index (χ4v) is 3.33. The Morgan fingerprint density at radius 3 is 2.25 bits per heavy atom. The molecule has 1 N–H and O–H groups in total. The molecule has 120 valence electrons. The molecule has 0 aliphatic carbocycles. The molecular weight excluding hydrogens is 267 g/mol. The van der Waals surface area contributed by atoms with Crippen LogP contribution in [0.15, 0.2) is 0 Å². The maximum atomic E-state index is 12.5. The fraction of sp³-hybridized carbons (Fsp3) is 1.00. The molecule has 1 rings (SSSR count). The van der Waals surface area contributed by atoms with Gasteiger partial charge in [0.05, 0.1) is 11.2 Å². The topological polar surface area (TPSA) is 21.3 Å². The molecule has 1 aliphatic rings. The molecule has 0 aromatic rings. The van der Waals surface area contributed by atoms with Crippen LogP contribution in [0.4, 0.5) is 13.2 Å². The summed E-state index contributed by atoms with van der Waals surface area (Å²) >= 11 is 0. The van der Waals surface area contributed by atoms with Gasteiger partial charge in [-0.05, 0) is 53.5 Å². The number of hydrogen-bond acceptors (Lipinski definition) is 2. The van der Waals surface area contributed by atoms with E-state index >= 15 is 0 Å². The van der Waals surface area contributed by atoms with Crippen LogP contribution in [0, 0.1) is 5.92 Å². The molecule has 1 aliphatic heterocycles. The van der Waals surface area contributed by atoms with Crippen molar-refractivity contribution in [3.8, 4) is 0 Å². The van der Waals surface area contributed by atoms with Gasteiger partial charge in [0, 0.05) is 18.4 Å². The van der Waals surface area contributed by atoms with E-state index in [1.54, 1.807) is 0 Å². The maximum Gasteiger partial charge on any atom is 0.389 e. The van der Waals surface area contributed by atoms with Crippen molar-refractivity contribution in [1.82, 2.24) is 5.32 Å². The molecule has 1 saturated heterocycles. The largest absolute Gasteiger partial charge is 0.389 e. The zero-order valence-corrected chi connectivity index (χ0v) is 13.2. The lowest BCUT2D eigenvalue weighted by Gasteiger charge is -2.34. The molecule has 20 heavy (non-hydrogen) atoms. The zero-order valence-electron chi connectivity index (χ0n) is 13.2. The van der Waals surface area contributed by atoms with E-state index in [2.05, 4.69) is 5.32 Å². The highest BCUT2D eigenvalue weighted by Crippen LogP contribution is 2.44. The van der Waals surface area contributed by atoms with Crippen molar-refractivity contribution in [3.63, 3.8) is 0 Å². The van der Waals surface area contributed by atoms with Crippen LogP contribution < -0.4 is 5.32 Å². The van der Waals surface area contributed by atoms with E-state index in [1.807, 2.05) is 34.6 Å². The normalized spacial score (nSPS) is 26.7. The van der Waals surface area contributed by atoms with Crippen molar-refractivity contribution in [2.45, 2.75) is 83.7 Å². The second kappa shape index (κ2) is 6.22. The number of nitrogens with one attached hydrogen (secondary N) is 1. The Labute approximate surface area is 120 Å². The van der Waals surface area contributed by atoms with Gasteiger partial charge in [-0.2, -0.15) is 13.2 Å². The number of hydrogen-bond donors (Lipinski definition) is 1. The van der Waals surface area contributed by atoms with Gasteiger partial charge >= 0.3 is 6.18 Å². The quantitative estimate of drug-likeness (QED) is 0.789. The number of ether oxygens (including phenoxy) is 1. The first-order valence-corrected chi connectivity index (χ1v) is 7.47. The molecular formula is C15H28F3NO. The molecule has 0 aromatic heterocycles. The lowest BCUT2D eigenvalue weighted by atomic mass is 9.80. The minimum Gasteiger partial charge on any atom is -0.369 e. The van der Waals surface area contributed by atoms with Crippen molar-refractivity contribution in [1.29, 1.82) is 0 Å². The summed E-state index contributed by atoms with van der Waals surface area (Å²) in [5, 5.41) is 3.30. The summed E-state index contributed by atoms with van der Waals surface area (Å²) in [4.78, 5) is 0. The predicted molar refractivity (Wildman–Crippen MR) is 74.7 cm³/mol. The molecule has 2 nitrogen and oxygen atoms in total. The van der Waals surface area contributed by atoms with E-state index in [-0.39, 0.29) is 29.6 Å². The fourth-order valence-electron chi connectivity index (χ4n) is 3.33. The first kappa shape index (κ1) is 17.8.